The Labute approximate surface area is 54.3 Å². The number of nitrogens with zero attached hydrogens (tertiary/aromatic N) is 1. The van der Waals surface area contributed by atoms with Crippen LogP contribution >= 0.6 is 0 Å². The zero-order valence-corrected chi connectivity index (χ0v) is 5.25. The van der Waals surface area contributed by atoms with Crippen molar-refractivity contribution in [3.05, 3.63) is 0 Å². The van der Waals surface area contributed by atoms with Gasteiger partial charge in [0.25, 0.3) is 0 Å². The summed E-state index contributed by atoms with van der Waals surface area (Å²) in [5.41, 5.74) is 0. The standard InChI is InChI=1S/C2H2O4.N.Ru/c3-1(4)2(5)6;;/h(H,3,4)(H,5,6);;. The molecule has 0 heterocycles. The van der Waals surface area contributed by atoms with Crippen molar-refractivity contribution in [2.24, 2.45) is 0 Å². The Kier molecular flexibility index (Phi) is 8.07. The van der Waals surface area contributed by atoms with Crippen molar-refractivity contribution in [3.8, 4) is 0 Å². The Morgan fingerprint density at radius 2 is 1.25 bits per heavy atom. The van der Waals surface area contributed by atoms with Crippen LogP contribution in [0.2, 0.25) is 0 Å². The van der Waals surface area contributed by atoms with Crippen molar-refractivity contribution < 1.29 is 37.7 Å². The number of carboxylic acids is 2. The molecule has 0 aliphatic carbocycles. The van der Waals surface area contributed by atoms with Gasteiger partial charge in [0, 0.05) is 0 Å². The fraction of sp³-hybridized carbons (Fsp3) is 0. The number of carboxylic acid groups (broad SMARTS) is 2. The first-order valence-corrected chi connectivity index (χ1v) is 2.04. The molecule has 0 rings (SSSR count). The van der Waals surface area contributed by atoms with Gasteiger partial charge in [0.1, 0.15) is 0 Å². The van der Waals surface area contributed by atoms with Crippen molar-refractivity contribution >= 4 is 11.9 Å². The molecule has 0 aliphatic rings. The fourth-order valence-electron chi connectivity index (χ4n) is 0. The molecule has 8 heavy (non-hydrogen) atoms. The average molecular weight is 205 g/mol. The summed E-state index contributed by atoms with van der Waals surface area (Å²) in [5, 5.41) is 14.8. The van der Waals surface area contributed by atoms with Gasteiger partial charge in [-0.1, -0.05) is 0 Å². The molecular weight excluding hydrogens is 203 g/mol. The summed E-state index contributed by atoms with van der Waals surface area (Å²) < 4.78 is 6.93. The summed E-state index contributed by atoms with van der Waals surface area (Å²) in [6.07, 6.45) is 0. The molecular formula is C2H2NO4Ru. The maximum absolute atomic E-state index is 9.10. The Morgan fingerprint density at radius 1 is 1.12 bits per heavy atom. The van der Waals surface area contributed by atoms with Gasteiger partial charge >= 0.3 is 33.8 Å². The van der Waals surface area contributed by atoms with Gasteiger partial charge in [0.2, 0.25) is 0 Å². The minimum atomic E-state index is -1.82. The van der Waals surface area contributed by atoms with E-state index in [9.17, 15) is 0 Å². The number of hydrogen-bond donors (Lipinski definition) is 2. The second kappa shape index (κ2) is 6.27. The number of aliphatic carboxylic acids is 2. The Morgan fingerprint density at radius 3 is 1.25 bits per heavy atom. The van der Waals surface area contributed by atoms with Crippen LogP contribution in [0, 0.1) is 3.92 Å². The number of hydrogen-bond acceptors (Lipinski definition) is 3. The molecule has 0 aliphatic heterocycles. The zero-order chi connectivity index (χ0) is 7.15. The van der Waals surface area contributed by atoms with Crippen molar-refractivity contribution in [1.29, 1.82) is 3.92 Å². The second-order valence-corrected chi connectivity index (χ2v) is 0.610. The van der Waals surface area contributed by atoms with Gasteiger partial charge in [-0.25, -0.2) is 9.59 Å². The number of carbonyl (C=O) groups is 2. The van der Waals surface area contributed by atoms with Crippen LogP contribution in [0.5, 0.6) is 0 Å². The van der Waals surface area contributed by atoms with Gasteiger partial charge < -0.3 is 10.2 Å². The molecule has 0 aromatic rings. The zero-order valence-electron chi connectivity index (χ0n) is 3.51. The first-order chi connectivity index (χ1) is 3.64. The molecule has 0 saturated heterocycles. The van der Waals surface area contributed by atoms with Gasteiger partial charge in [-0.3, -0.25) is 0 Å². The molecule has 0 amide bonds. The molecule has 0 aromatic heterocycles. The fourth-order valence-corrected chi connectivity index (χ4v) is 0. The van der Waals surface area contributed by atoms with Crippen LogP contribution in [0.4, 0.5) is 0 Å². The summed E-state index contributed by atoms with van der Waals surface area (Å²) in [5.74, 6) is -3.65. The van der Waals surface area contributed by atoms with E-state index in [0.717, 1.165) is 0 Å². The quantitative estimate of drug-likeness (QED) is 0.397. The van der Waals surface area contributed by atoms with Crippen LogP contribution < -0.4 is 0 Å². The molecule has 0 bridgehead atoms. The van der Waals surface area contributed by atoms with Crippen molar-refractivity contribution in [1.82, 2.24) is 0 Å². The van der Waals surface area contributed by atoms with Crippen molar-refractivity contribution in [2.75, 3.05) is 0 Å². The summed E-state index contributed by atoms with van der Waals surface area (Å²) >= 11 is 1.35. The predicted octanol–water partition coefficient (Wildman–Crippen LogP) is -0.832. The van der Waals surface area contributed by atoms with E-state index in [0.29, 0.717) is 0 Å². The van der Waals surface area contributed by atoms with E-state index in [2.05, 4.69) is 0 Å². The van der Waals surface area contributed by atoms with Gasteiger partial charge in [0.15, 0.2) is 0 Å². The van der Waals surface area contributed by atoms with Crippen LogP contribution in [-0.4, -0.2) is 22.2 Å². The van der Waals surface area contributed by atoms with Gasteiger partial charge in [-0.15, -0.1) is 0 Å². The molecule has 0 atom stereocenters. The van der Waals surface area contributed by atoms with Crippen LogP contribution in [-0.2, 0) is 27.5 Å². The van der Waals surface area contributed by atoms with E-state index in [1.165, 1.54) is 17.9 Å². The van der Waals surface area contributed by atoms with E-state index in [4.69, 9.17) is 23.7 Å². The molecule has 0 saturated carbocycles. The third-order valence-corrected chi connectivity index (χ3v) is 0.183. The van der Waals surface area contributed by atoms with E-state index in [-0.39, 0.29) is 0 Å². The summed E-state index contributed by atoms with van der Waals surface area (Å²) in [4.78, 5) is 18.2. The van der Waals surface area contributed by atoms with Gasteiger partial charge in [-0.05, 0) is 0 Å². The van der Waals surface area contributed by atoms with E-state index < -0.39 is 11.9 Å². The molecule has 0 spiro atoms. The van der Waals surface area contributed by atoms with Crippen molar-refractivity contribution in [2.45, 2.75) is 0 Å². The van der Waals surface area contributed by atoms with Gasteiger partial charge in [-0.2, -0.15) is 0 Å². The molecule has 0 radical (unpaired) electrons. The normalized spacial score (nSPS) is 5.88. The minimum absolute atomic E-state index is 1.35. The van der Waals surface area contributed by atoms with Crippen LogP contribution in [0.1, 0.15) is 0 Å². The van der Waals surface area contributed by atoms with Gasteiger partial charge in [0.05, 0.1) is 0 Å². The van der Waals surface area contributed by atoms with E-state index in [1.54, 1.807) is 0 Å². The number of rotatable bonds is 0. The molecule has 47 valence electrons. The van der Waals surface area contributed by atoms with Crippen LogP contribution in [0.25, 0.3) is 0 Å². The first kappa shape index (κ1) is 10.3. The third kappa shape index (κ3) is 8.99. The average Bonchev–Trinajstić information content (AvgIpc) is 1.72. The van der Waals surface area contributed by atoms with Crippen molar-refractivity contribution in [3.63, 3.8) is 0 Å². The maximum atomic E-state index is 9.10. The molecule has 0 aromatic carbocycles. The Balaban J connectivity index is 0. The Bertz CT molecular complexity index is 106. The topological polar surface area (TPSA) is 98.4 Å². The molecule has 0 fully saturated rings. The van der Waals surface area contributed by atoms with E-state index in [1.807, 2.05) is 0 Å². The summed E-state index contributed by atoms with van der Waals surface area (Å²) in [6, 6.07) is 0. The summed E-state index contributed by atoms with van der Waals surface area (Å²) in [7, 11) is 0. The predicted molar refractivity (Wildman–Crippen MR) is 17.0 cm³/mol. The van der Waals surface area contributed by atoms with Crippen LogP contribution in [0.3, 0.4) is 0 Å². The molecule has 5 nitrogen and oxygen atoms in total. The monoisotopic (exact) mass is 206 g/mol. The molecule has 0 unspecified atom stereocenters. The Hall–Kier alpha value is -0.727. The summed E-state index contributed by atoms with van der Waals surface area (Å²) in [6.45, 7) is 0. The third-order valence-electron chi connectivity index (χ3n) is 0.183. The van der Waals surface area contributed by atoms with E-state index >= 15 is 0 Å². The SMILES string of the molecule is O=C(O)C(=O)O.[N]#[Ru]. The first-order valence-electron chi connectivity index (χ1n) is 1.26. The van der Waals surface area contributed by atoms with Crippen LogP contribution in [0.15, 0.2) is 0 Å². The molecule has 6 heteroatoms. The second-order valence-electron chi connectivity index (χ2n) is 0.610. The molecule has 2 N–H and O–H groups in total.